The summed E-state index contributed by atoms with van der Waals surface area (Å²) < 4.78 is 27.5. The lowest BCUT2D eigenvalue weighted by Gasteiger charge is -2.22. The molecule has 10 heteroatoms. The van der Waals surface area contributed by atoms with Gasteiger partial charge in [0.25, 0.3) is 0 Å². The second kappa shape index (κ2) is 10.2. The van der Waals surface area contributed by atoms with Gasteiger partial charge in [-0.1, -0.05) is 70.7 Å². The Morgan fingerprint density at radius 2 is 1.48 bits per heavy atom. The lowest BCUT2D eigenvalue weighted by molar-refractivity contribution is -0.116. The summed E-state index contributed by atoms with van der Waals surface area (Å²) in [5, 5.41) is 3.94. The predicted octanol–water partition coefficient (Wildman–Crippen LogP) is 6.13. The van der Waals surface area contributed by atoms with E-state index < -0.39 is 22.5 Å². The van der Waals surface area contributed by atoms with Gasteiger partial charge in [-0.2, -0.15) is 4.31 Å². The number of sulfonamides is 1. The van der Waals surface area contributed by atoms with Gasteiger partial charge in [-0.25, -0.2) is 8.42 Å². The van der Waals surface area contributed by atoms with Gasteiger partial charge in [0.05, 0.1) is 21.5 Å². The molecule has 0 saturated heterocycles. The van der Waals surface area contributed by atoms with Crippen LogP contribution in [0.25, 0.3) is 0 Å². The van der Waals surface area contributed by atoms with Crippen molar-refractivity contribution in [3.63, 3.8) is 0 Å². The van der Waals surface area contributed by atoms with Crippen LogP contribution < -0.4 is 5.32 Å². The molecule has 0 atom stereocenters. The number of carbonyl (C=O) groups is 1. The molecule has 0 saturated carbocycles. The second-order valence-electron chi connectivity index (χ2n) is 6.54. The first kappa shape index (κ1) is 23.9. The maximum atomic E-state index is 13.2. The molecule has 0 aliphatic heterocycles. The van der Waals surface area contributed by atoms with Crippen LogP contribution in [0.4, 0.5) is 5.69 Å². The van der Waals surface area contributed by atoms with E-state index in [2.05, 4.69) is 5.32 Å². The van der Waals surface area contributed by atoms with E-state index in [-0.39, 0.29) is 16.5 Å². The number of carbonyl (C=O) groups excluding carboxylic acids is 1. The van der Waals surface area contributed by atoms with Gasteiger partial charge >= 0.3 is 0 Å². The summed E-state index contributed by atoms with van der Waals surface area (Å²) in [7, 11) is -3.98. The molecule has 0 unspecified atom stereocenters. The monoisotopic (exact) mass is 516 g/mol. The van der Waals surface area contributed by atoms with E-state index in [9.17, 15) is 13.2 Å². The fourth-order valence-electron chi connectivity index (χ4n) is 2.80. The fourth-order valence-corrected chi connectivity index (χ4v) is 5.05. The maximum Gasteiger partial charge on any atom is 0.243 e. The van der Waals surface area contributed by atoms with Crippen molar-refractivity contribution in [1.82, 2.24) is 4.31 Å². The number of amides is 1. The van der Waals surface area contributed by atoms with Gasteiger partial charge in [0, 0.05) is 22.3 Å². The smallest absolute Gasteiger partial charge is 0.243 e. The molecule has 0 bridgehead atoms. The van der Waals surface area contributed by atoms with Crippen LogP contribution in [0.5, 0.6) is 0 Å². The lowest BCUT2D eigenvalue weighted by atomic mass is 10.2. The van der Waals surface area contributed by atoms with Gasteiger partial charge < -0.3 is 5.32 Å². The molecule has 0 fully saturated rings. The van der Waals surface area contributed by atoms with E-state index in [0.717, 1.165) is 4.31 Å². The highest BCUT2D eigenvalue weighted by Gasteiger charge is 2.27. The Balaban J connectivity index is 1.89. The number of halogens is 4. The minimum absolute atomic E-state index is 0.0636. The van der Waals surface area contributed by atoms with Gasteiger partial charge in [0.15, 0.2) is 0 Å². The Kier molecular flexibility index (Phi) is 7.86. The second-order valence-corrected chi connectivity index (χ2v) is 10.2. The number of hydrogen-bond acceptors (Lipinski definition) is 3. The minimum atomic E-state index is -3.98. The van der Waals surface area contributed by atoms with E-state index in [4.69, 9.17) is 46.4 Å². The van der Waals surface area contributed by atoms with Crippen LogP contribution in [0.15, 0.2) is 71.6 Å². The van der Waals surface area contributed by atoms with Crippen molar-refractivity contribution >= 4 is 68.0 Å². The zero-order valence-corrected chi connectivity index (χ0v) is 19.7. The van der Waals surface area contributed by atoms with Crippen LogP contribution in [0, 0.1) is 0 Å². The fraction of sp³-hybridized carbons (Fsp3) is 0.0952. The van der Waals surface area contributed by atoms with Crippen LogP contribution in [0.3, 0.4) is 0 Å². The van der Waals surface area contributed by atoms with Crippen molar-refractivity contribution in [2.75, 3.05) is 11.9 Å². The van der Waals surface area contributed by atoms with E-state index in [0.29, 0.717) is 26.3 Å². The molecule has 3 aromatic carbocycles. The maximum absolute atomic E-state index is 13.2. The molecule has 1 amide bonds. The predicted molar refractivity (Wildman–Crippen MR) is 126 cm³/mol. The van der Waals surface area contributed by atoms with Crippen LogP contribution in [-0.2, 0) is 21.4 Å². The first-order valence-electron chi connectivity index (χ1n) is 8.90. The lowest BCUT2D eigenvalue weighted by Crippen LogP contribution is -2.37. The molecule has 0 heterocycles. The van der Waals surface area contributed by atoms with Crippen molar-refractivity contribution in [1.29, 1.82) is 0 Å². The van der Waals surface area contributed by atoms with Crippen molar-refractivity contribution in [3.8, 4) is 0 Å². The van der Waals surface area contributed by atoms with Crippen LogP contribution in [0.2, 0.25) is 20.1 Å². The number of benzene rings is 3. The molecule has 5 nitrogen and oxygen atoms in total. The van der Waals surface area contributed by atoms with Gasteiger partial charge in [-0.3, -0.25) is 4.79 Å². The molecule has 3 aromatic rings. The first-order chi connectivity index (χ1) is 14.6. The quantitative estimate of drug-likeness (QED) is 0.410. The molecule has 3 rings (SSSR count). The molecule has 0 aliphatic carbocycles. The van der Waals surface area contributed by atoms with E-state index in [1.54, 1.807) is 36.4 Å². The van der Waals surface area contributed by atoms with Crippen molar-refractivity contribution < 1.29 is 13.2 Å². The number of anilines is 1. The summed E-state index contributed by atoms with van der Waals surface area (Å²) in [6, 6.07) is 17.2. The summed E-state index contributed by atoms with van der Waals surface area (Å²) in [5.74, 6) is -0.558. The summed E-state index contributed by atoms with van der Waals surface area (Å²) >= 11 is 23.9. The molecule has 0 aromatic heterocycles. The van der Waals surface area contributed by atoms with Crippen LogP contribution in [0.1, 0.15) is 5.56 Å². The Hall–Kier alpha value is -1.80. The van der Waals surface area contributed by atoms with Crippen LogP contribution >= 0.6 is 46.4 Å². The van der Waals surface area contributed by atoms with Gasteiger partial charge in [-0.05, 0) is 48.0 Å². The average molecular weight is 518 g/mol. The Morgan fingerprint density at radius 3 is 2.10 bits per heavy atom. The van der Waals surface area contributed by atoms with Gasteiger partial charge in [0.2, 0.25) is 15.9 Å². The molecule has 0 radical (unpaired) electrons. The minimum Gasteiger partial charge on any atom is -0.325 e. The van der Waals surface area contributed by atoms with Crippen molar-refractivity contribution in [2.24, 2.45) is 0 Å². The largest absolute Gasteiger partial charge is 0.325 e. The average Bonchev–Trinajstić information content (AvgIpc) is 2.70. The molecular weight excluding hydrogens is 502 g/mol. The molecule has 162 valence electrons. The summed E-state index contributed by atoms with van der Waals surface area (Å²) in [5.41, 5.74) is 0.932. The number of nitrogens with zero attached hydrogens (tertiary/aromatic N) is 1. The highest BCUT2D eigenvalue weighted by molar-refractivity contribution is 7.89. The number of nitrogens with one attached hydrogen (secondary N) is 1. The molecule has 0 aliphatic rings. The third-order valence-electron chi connectivity index (χ3n) is 4.19. The summed E-state index contributed by atoms with van der Waals surface area (Å²) in [6.45, 7) is -0.528. The summed E-state index contributed by atoms with van der Waals surface area (Å²) in [4.78, 5) is 12.7. The Bertz CT molecular complexity index is 1180. The Morgan fingerprint density at radius 1 is 0.839 bits per heavy atom. The van der Waals surface area contributed by atoms with Crippen LogP contribution in [-0.4, -0.2) is 25.2 Å². The van der Waals surface area contributed by atoms with Crippen molar-refractivity contribution in [2.45, 2.75) is 11.4 Å². The van der Waals surface area contributed by atoms with Crippen molar-refractivity contribution in [3.05, 3.63) is 92.4 Å². The third-order valence-corrected chi connectivity index (χ3v) is 7.17. The highest BCUT2D eigenvalue weighted by atomic mass is 35.5. The first-order valence-corrected chi connectivity index (χ1v) is 11.9. The molecular formula is C21H16Cl4N2O3S. The molecule has 0 spiro atoms. The molecule has 1 N–H and O–H groups in total. The highest BCUT2D eigenvalue weighted by Crippen LogP contribution is 2.26. The standard InChI is InChI=1S/C21H16Cl4N2O3S/c22-15-9-16(23)11-17(10-15)26-21(28)13-27(12-14-6-7-19(24)20(25)8-14)31(29,30)18-4-2-1-3-5-18/h1-11H,12-13H2,(H,26,28). The SMILES string of the molecule is O=C(CN(Cc1ccc(Cl)c(Cl)c1)S(=O)(=O)c1ccccc1)Nc1cc(Cl)cc(Cl)c1. The topological polar surface area (TPSA) is 66.5 Å². The van der Waals surface area contributed by atoms with Gasteiger partial charge in [-0.15, -0.1) is 0 Å². The Labute approximate surface area is 200 Å². The zero-order valence-electron chi connectivity index (χ0n) is 15.9. The van der Waals surface area contributed by atoms with E-state index in [1.807, 2.05) is 0 Å². The number of rotatable bonds is 7. The summed E-state index contributed by atoms with van der Waals surface area (Å²) in [6.07, 6.45) is 0. The normalized spacial score (nSPS) is 11.5. The van der Waals surface area contributed by atoms with E-state index >= 15 is 0 Å². The number of hydrogen-bond donors (Lipinski definition) is 1. The third kappa shape index (κ3) is 6.35. The van der Waals surface area contributed by atoms with E-state index in [1.165, 1.54) is 30.3 Å². The zero-order chi connectivity index (χ0) is 22.6. The molecule has 31 heavy (non-hydrogen) atoms. The van der Waals surface area contributed by atoms with Gasteiger partial charge in [0.1, 0.15) is 0 Å².